The van der Waals surface area contributed by atoms with Gasteiger partial charge in [0, 0.05) is 28.9 Å². The second kappa shape index (κ2) is 8.10. The van der Waals surface area contributed by atoms with Gasteiger partial charge in [0.05, 0.1) is 11.3 Å². The SMILES string of the molecule is O=S(=O)(Cc1ccc(F)c(-c2ccc3c(-c4ncc[nH]4)[nH]nc3c2F)c1F)c1ccccc1F. The Balaban J connectivity index is 1.61. The van der Waals surface area contributed by atoms with Gasteiger partial charge < -0.3 is 4.98 Å². The van der Waals surface area contributed by atoms with E-state index in [9.17, 15) is 17.2 Å². The van der Waals surface area contributed by atoms with Crippen molar-refractivity contribution in [2.75, 3.05) is 0 Å². The van der Waals surface area contributed by atoms with E-state index in [-0.39, 0.29) is 5.52 Å². The van der Waals surface area contributed by atoms with Gasteiger partial charge in [0.2, 0.25) is 0 Å². The smallest absolute Gasteiger partial charge is 0.185 e. The Kier molecular flexibility index (Phi) is 5.20. The maximum atomic E-state index is 15.4. The molecule has 0 aliphatic heterocycles. The van der Waals surface area contributed by atoms with Crippen molar-refractivity contribution in [1.82, 2.24) is 20.2 Å². The van der Waals surface area contributed by atoms with Gasteiger partial charge in [-0.15, -0.1) is 0 Å². The van der Waals surface area contributed by atoms with Gasteiger partial charge in [-0.2, -0.15) is 5.10 Å². The largest absolute Gasteiger partial charge is 0.343 e. The minimum Gasteiger partial charge on any atom is -0.343 e. The number of aromatic nitrogens is 4. The minimum absolute atomic E-state index is 0.174. The molecule has 0 amide bonds. The molecule has 0 fully saturated rings. The fraction of sp³-hybridized carbons (Fsp3) is 0.0435. The van der Waals surface area contributed by atoms with Crippen LogP contribution in [-0.4, -0.2) is 28.6 Å². The summed E-state index contributed by atoms with van der Waals surface area (Å²) in [4.78, 5) is 6.31. The third kappa shape index (κ3) is 3.54. The lowest BCUT2D eigenvalue weighted by Crippen LogP contribution is -2.09. The quantitative estimate of drug-likeness (QED) is 0.336. The second-order valence-electron chi connectivity index (χ2n) is 7.44. The first-order chi connectivity index (χ1) is 16.3. The third-order valence-electron chi connectivity index (χ3n) is 5.36. The average Bonchev–Trinajstić information content (AvgIpc) is 3.47. The van der Waals surface area contributed by atoms with Crippen LogP contribution in [0.3, 0.4) is 0 Å². The molecule has 0 aliphatic carbocycles. The fourth-order valence-corrected chi connectivity index (χ4v) is 5.20. The molecule has 0 unspecified atom stereocenters. The van der Waals surface area contributed by atoms with Crippen molar-refractivity contribution in [3.8, 4) is 22.6 Å². The number of imidazole rings is 1. The number of sulfone groups is 1. The van der Waals surface area contributed by atoms with Crippen molar-refractivity contribution in [1.29, 1.82) is 0 Å². The van der Waals surface area contributed by atoms with E-state index >= 15 is 8.78 Å². The maximum Gasteiger partial charge on any atom is 0.185 e. The van der Waals surface area contributed by atoms with Crippen LogP contribution < -0.4 is 0 Å². The number of halogens is 4. The van der Waals surface area contributed by atoms with Crippen molar-refractivity contribution >= 4 is 20.7 Å². The van der Waals surface area contributed by atoms with Crippen LogP contribution in [0.25, 0.3) is 33.5 Å². The number of aromatic amines is 2. The molecular formula is C23H14F4N4O2S. The molecule has 3 aromatic carbocycles. The average molecular weight is 486 g/mol. The van der Waals surface area contributed by atoms with Crippen LogP contribution in [0.2, 0.25) is 0 Å². The van der Waals surface area contributed by atoms with E-state index in [1.54, 1.807) is 6.20 Å². The van der Waals surface area contributed by atoms with E-state index in [1.165, 1.54) is 30.5 Å². The summed E-state index contributed by atoms with van der Waals surface area (Å²) in [5.74, 6) is -4.90. The van der Waals surface area contributed by atoms with Crippen molar-refractivity contribution in [3.63, 3.8) is 0 Å². The Morgan fingerprint density at radius 2 is 1.68 bits per heavy atom. The van der Waals surface area contributed by atoms with Gasteiger partial charge in [-0.05, 0) is 24.3 Å². The number of benzene rings is 3. The van der Waals surface area contributed by atoms with Crippen molar-refractivity contribution < 1.29 is 26.0 Å². The molecule has 6 nitrogen and oxygen atoms in total. The van der Waals surface area contributed by atoms with Gasteiger partial charge in [0.15, 0.2) is 21.5 Å². The number of nitrogens with zero attached hydrogens (tertiary/aromatic N) is 2. The summed E-state index contributed by atoms with van der Waals surface area (Å²) >= 11 is 0. The highest BCUT2D eigenvalue weighted by molar-refractivity contribution is 7.90. The first-order valence-corrected chi connectivity index (χ1v) is 11.5. The highest BCUT2D eigenvalue weighted by atomic mass is 32.2. The summed E-state index contributed by atoms with van der Waals surface area (Å²) in [6, 6.07) is 9.04. The standard InChI is InChI=1S/C23H14F4N4O2S/c24-15-3-1-2-4-17(15)34(32,33)11-12-5-8-16(25)18(19(12)26)13-6-7-14-21(20(13)27)30-31-22(14)23-28-9-10-29-23/h1-10H,11H2,(H,28,29)(H,30,31). The molecule has 2 N–H and O–H groups in total. The van der Waals surface area contributed by atoms with E-state index < -0.39 is 60.4 Å². The molecular weight excluding hydrogens is 472 g/mol. The van der Waals surface area contributed by atoms with Crippen LogP contribution in [0.4, 0.5) is 17.6 Å². The maximum absolute atomic E-state index is 15.4. The van der Waals surface area contributed by atoms with Crippen molar-refractivity contribution in [2.24, 2.45) is 0 Å². The molecule has 0 spiro atoms. The number of H-pyrrole nitrogens is 2. The molecule has 5 aromatic rings. The molecule has 0 atom stereocenters. The van der Waals surface area contributed by atoms with Crippen LogP contribution in [0, 0.1) is 23.3 Å². The fourth-order valence-electron chi connectivity index (χ4n) is 3.76. The van der Waals surface area contributed by atoms with E-state index in [2.05, 4.69) is 20.2 Å². The van der Waals surface area contributed by atoms with Crippen LogP contribution >= 0.6 is 0 Å². The Morgan fingerprint density at radius 3 is 2.41 bits per heavy atom. The number of hydrogen-bond acceptors (Lipinski definition) is 4. The van der Waals surface area contributed by atoms with Crippen molar-refractivity contribution in [3.05, 3.63) is 89.8 Å². The molecule has 2 heterocycles. The summed E-state index contributed by atoms with van der Waals surface area (Å²) in [5.41, 5.74) is -1.41. The zero-order valence-corrected chi connectivity index (χ0v) is 17.9. The Bertz CT molecular complexity index is 1650. The van der Waals surface area contributed by atoms with Gasteiger partial charge >= 0.3 is 0 Å². The molecule has 0 saturated heterocycles. The summed E-state index contributed by atoms with van der Waals surface area (Å²) in [5, 5.41) is 6.88. The molecule has 5 rings (SSSR count). The lowest BCUT2D eigenvalue weighted by Gasteiger charge is -2.12. The summed E-state index contributed by atoms with van der Waals surface area (Å²) in [6.07, 6.45) is 3.07. The van der Waals surface area contributed by atoms with Gasteiger partial charge in [-0.1, -0.05) is 24.3 Å². The normalized spacial score (nSPS) is 11.9. The van der Waals surface area contributed by atoms with Gasteiger partial charge in [-0.25, -0.2) is 31.0 Å². The highest BCUT2D eigenvalue weighted by Crippen LogP contribution is 2.36. The van der Waals surface area contributed by atoms with Crippen LogP contribution in [0.1, 0.15) is 5.56 Å². The topological polar surface area (TPSA) is 91.5 Å². The molecule has 0 radical (unpaired) electrons. The molecule has 2 aromatic heterocycles. The first kappa shape index (κ1) is 21.8. The summed E-state index contributed by atoms with van der Waals surface area (Å²) in [6.45, 7) is 0. The van der Waals surface area contributed by atoms with E-state index in [4.69, 9.17) is 0 Å². The molecule has 0 bridgehead atoms. The van der Waals surface area contributed by atoms with E-state index in [1.807, 2.05) is 0 Å². The van der Waals surface area contributed by atoms with Crippen LogP contribution in [0.5, 0.6) is 0 Å². The van der Waals surface area contributed by atoms with Gasteiger partial charge in [0.25, 0.3) is 0 Å². The van der Waals surface area contributed by atoms with Gasteiger partial charge in [0.1, 0.15) is 33.6 Å². The van der Waals surface area contributed by atoms with E-state index in [0.29, 0.717) is 16.9 Å². The monoisotopic (exact) mass is 486 g/mol. The highest BCUT2D eigenvalue weighted by Gasteiger charge is 2.26. The molecule has 34 heavy (non-hydrogen) atoms. The zero-order valence-electron chi connectivity index (χ0n) is 17.1. The van der Waals surface area contributed by atoms with E-state index in [0.717, 1.165) is 24.3 Å². The third-order valence-corrected chi connectivity index (χ3v) is 7.05. The van der Waals surface area contributed by atoms with Crippen molar-refractivity contribution in [2.45, 2.75) is 10.6 Å². The number of hydrogen-bond donors (Lipinski definition) is 2. The van der Waals surface area contributed by atoms with Crippen LogP contribution in [0.15, 0.2) is 65.8 Å². The summed E-state index contributed by atoms with van der Waals surface area (Å²) in [7, 11) is -4.30. The lowest BCUT2D eigenvalue weighted by molar-refractivity contribution is 0.559. The molecule has 172 valence electrons. The lowest BCUT2D eigenvalue weighted by atomic mass is 9.99. The zero-order chi connectivity index (χ0) is 24.0. The number of fused-ring (bicyclic) bond motifs is 1. The Hall–Kier alpha value is -3.99. The summed E-state index contributed by atoms with van der Waals surface area (Å²) < 4.78 is 84.7. The Morgan fingerprint density at radius 1 is 0.882 bits per heavy atom. The predicted octanol–water partition coefficient (Wildman–Crippen LogP) is 5.15. The Labute approximate surface area is 190 Å². The molecule has 11 heteroatoms. The number of nitrogens with one attached hydrogen (secondary N) is 2. The molecule has 0 saturated carbocycles. The molecule has 0 aliphatic rings. The van der Waals surface area contributed by atoms with Crippen LogP contribution in [-0.2, 0) is 15.6 Å². The first-order valence-electron chi connectivity index (χ1n) is 9.89. The van der Waals surface area contributed by atoms with Gasteiger partial charge in [-0.3, -0.25) is 5.10 Å². The second-order valence-corrected chi connectivity index (χ2v) is 9.40. The number of rotatable bonds is 5. The predicted molar refractivity (Wildman–Crippen MR) is 116 cm³/mol. The minimum atomic E-state index is -4.30.